The number of carbonyl (C=O) groups excluding carboxylic acids is 1. The highest BCUT2D eigenvalue weighted by Gasteiger charge is 2.25. The first-order chi connectivity index (χ1) is 9.49. The molecule has 1 fully saturated rings. The summed E-state index contributed by atoms with van der Waals surface area (Å²) in [5, 5.41) is 14.0. The van der Waals surface area contributed by atoms with Crippen molar-refractivity contribution in [2.24, 2.45) is 5.92 Å². The summed E-state index contributed by atoms with van der Waals surface area (Å²) < 4.78 is 13.6. The molecule has 1 atom stereocenters. The lowest BCUT2D eigenvalue weighted by atomic mass is 9.80. The molecule has 0 aromatic heterocycles. The number of aromatic carboxylic acids is 1. The first-order valence-corrected chi connectivity index (χ1v) is 6.58. The van der Waals surface area contributed by atoms with Gasteiger partial charge in [-0.2, -0.15) is 0 Å². The standard InChI is InChI=1S/C14H17FN2O3/c1-8(9-4-2-5-9)16-14(20)17-12-10(13(18)19)6-3-7-11(12)15/h3,6-9H,2,4-5H2,1H3,(H,18,19)(H2,16,17,20). The number of rotatable bonds is 4. The van der Waals surface area contributed by atoms with Crippen LogP contribution in [0.2, 0.25) is 0 Å². The summed E-state index contributed by atoms with van der Waals surface area (Å²) in [4.78, 5) is 22.8. The molecule has 0 saturated heterocycles. The maximum atomic E-state index is 13.6. The van der Waals surface area contributed by atoms with Crippen LogP contribution in [0.1, 0.15) is 36.5 Å². The van der Waals surface area contributed by atoms with E-state index in [1.807, 2.05) is 6.92 Å². The van der Waals surface area contributed by atoms with E-state index in [9.17, 15) is 14.0 Å². The van der Waals surface area contributed by atoms with Crippen LogP contribution in [0.4, 0.5) is 14.9 Å². The number of carbonyl (C=O) groups is 2. The molecular weight excluding hydrogens is 263 g/mol. The third kappa shape index (κ3) is 3.07. The number of benzene rings is 1. The van der Waals surface area contributed by atoms with Gasteiger partial charge in [-0.1, -0.05) is 12.5 Å². The van der Waals surface area contributed by atoms with Crippen molar-refractivity contribution in [1.82, 2.24) is 5.32 Å². The molecule has 0 bridgehead atoms. The van der Waals surface area contributed by atoms with Crippen molar-refractivity contribution in [2.75, 3.05) is 5.32 Å². The fourth-order valence-electron chi connectivity index (χ4n) is 2.24. The zero-order valence-electron chi connectivity index (χ0n) is 11.1. The molecular formula is C14H17FN2O3. The van der Waals surface area contributed by atoms with E-state index in [4.69, 9.17) is 5.11 Å². The number of anilines is 1. The van der Waals surface area contributed by atoms with Crippen LogP contribution in [0.3, 0.4) is 0 Å². The molecule has 2 rings (SSSR count). The fourth-order valence-corrected chi connectivity index (χ4v) is 2.24. The maximum absolute atomic E-state index is 13.6. The normalized spacial score (nSPS) is 16.1. The van der Waals surface area contributed by atoms with E-state index >= 15 is 0 Å². The van der Waals surface area contributed by atoms with E-state index in [2.05, 4.69) is 10.6 Å². The zero-order valence-corrected chi connectivity index (χ0v) is 11.1. The number of para-hydroxylation sites is 1. The first kappa shape index (κ1) is 14.3. The second-order valence-corrected chi connectivity index (χ2v) is 5.05. The predicted molar refractivity (Wildman–Crippen MR) is 72.3 cm³/mol. The van der Waals surface area contributed by atoms with Crippen molar-refractivity contribution >= 4 is 17.7 Å². The zero-order chi connectivity index (χ0) is 14.7. The number of nitrogens with one attached hydrogen (secondary N) is 2. The number of urea groups is 1. The minimum absolute atomic E-state index is 0.0104. The summed E-state index contributed by atoms with van der Waals surface area (Å²) in [6.07, 6.45) is 3.30. The highest BCUT2D eigenvalue weighted by molar-refractivity contribution is 6.00. The molecule has 1 saturated carbocycles. The van der Waals surface area contributed by atoms with Crippen LogP contribution in [-0.4, -0.2) is 23.1 Å². The van der Waals surface area contributed by atoms with E-state index in [0.717, 1.165) is 25.3 Å². The minimum atomic E-state index is -1.29. The summed E-state index contributed by atoms with van der Waals surface area (Å²) >= 11 is 0. The molecule has 5 nitrogen and oxygen atoms in total. The third-order valence-electron chi connectivity index (χ3n) is 3.70. The molecule has 0 radical (unpaired) electrons. The van der Waals surface area contributed by atoms with Gasteiger partial charge in [0.15, 0.2) is 0 Å². The van der Waals surface area contributed by atoms with Gasteiger partial charge in [0.1, 0.15) is 5.82 Å². The van der Waals surface area contributed by atoms with Crippen LogP contribution in [0.5, 0.6) is 0 Å². The number of carboxylic acid groups (broad SMARTS) is 1. The van der Waals surface area contributed by atoms with E-state index in [1.54, 1.807) is 0 Å². The molecule has 1 aromatic rings. The number of halogens is 1. The largest absolute Gasteiger partial charge is 0.478 e. The van der Waals surface area contributed by atoms with Crippen molar-refractivity contribution in [2.45, 2.75) is 32.2 Å². The van der Waals surface area contributed by atoms with Crippen LogP contribution in [0.25, 0.3) is 0 Å². The van der Waals surface area contributed by atoms with Gasteiger partial charge in [0.2, 0.25) is 0 Å². The second-order valence-electron chi connectivity index (χ2n) is 5.05. The maximum Gasteiger partial charge on any atom is 0.337 e. The van der Waals surface area contributed by atoms with Gasteiger partial charge in [-0.3, -0.25) is 0 Å². The molecule has 1 aromatic carbocycles. The Morgan fingerprint density at radius 1 is 1.40 bits per heavy atom. The second kappa shape index (κ2) is 5.90. The SMILES string of the molecule is CC(NC(=O)Nc1c(F)cccc1C(=O)O)C1CCC1. The van der Waals surface area contributed by atoms with E-state index in [1.165, 1.54) is 12.1 Å². The lowest BCUT2D eigenvalue weighted by Gasteiger charge is -2.31. The van der Waals surface area contributed by atoms with Crippen molar-refractivity contribution < 1.29 is 19.1 Å². The van der Waals surface area contributed by atoms with Gasteiger partial charge in [0.25, 0.3) is 0 Å². The van der Waals surface area contributed by atoms with Crippen LogP contribution < -0.4 is 10.6 Å². The molecule has 0 heterocycles. The Bertz CT molecular complexity index is 529. The van der Waals surface area contributed by atoms with Crippen molar-refractivity contribution in [3.05, 3.63) is 29.6 Å². The Hall–Kier alpha value is -2.11. The Morgan fingerprint density at radius 2 is 2.10 bits per heavy atom. The third-order valence-corrected chi connectivity index (χ3v) is 3.70. The predicted octanol–water partition coefficient (Wildman–Crippen LogP) is 2.83. The fraction of sp³-hybridized carbons (Fsp3) is 0.429. The molecule has 0 aliphatic heterocycles. The van der Waals surface area contributed by atoms with Gasteiger partial charge in [0.05, 0.1) is 11.3 Å². The lowest BCUT2D eigenvalue weighted by molar-refractivity contribution is 0.0697. The van der Waals surface area contributed by atoms with Gasteiger partial charge >= 0.3 is 12.0 Å². The molecule has 0 spiro atoms. The summed E-state index contributed by atoms with van der Waals surface area (Å²) in [6.45, 7) is 1.89. The van der Waals surface area contributed by atoms with Gasteiger partial charge < -0.3 is 15.7 Å². The monoisotopic (exact) mass is 280 g/mol. The Labute approximate surface area is 116 Å². The molecule has 3 N–H and O–H groups in total. The highest BCUT2D eigenvalue weighted by Crippen LogP contribution is 2.29. The quantitative estimate of drug-likeness (QED) is 0.793. The molecule has 2 amide bonds. The highest BCUT2D eigenvalue weighted by atomic mass is 19.1. The number of hydrogen-bond donors (Lipinski definition) is 3. The first-order valence-electron chi connectivity index (χ1n) is 6.58. The molecule has 6 heteroatoms. The molecule has 20 heavy (non-hydrogen) atoms. The molecule has 1 aliphatic carbocycles. The average molecular weight is 280 g/mol. The Morgan fingerprint density at radius 3 is 2.65 bits per heavy atom. The topological polar surface area (TPSA) is 78.4 Å². The number of carboxylic acids is 1. The van der Waals surface area contributed by atoms with Crippen LogP contribution in [-0.2, 0) is 0 Å². The van der Waals surface area contributed by atoms with Crippen molar-refractivity contribution in [3.63, 3.8) is 0 Å². The summed E-state index contributed by atoms with van der Waals surface area (Å²) in [5.74, 6) is -1.61. The van der Waals surface area contributed by atoms with Crippen molar-refractivity contribution in [3.8, 4) is 0 Å². The molecule has 108 valence electrons. The van der Waals surface area contributed by atoms with E-state index in [0.29, 0.717) is 5.92 Å². The molecule has 1 aliphatic rings. The number of amides is 2. The Kier molecular flexibility index (Phi) is 4.22. The number of hydrogen-bond acceptors (Lipinski definition) is 2. The molecule has 1 unspecified atom stereocenters. The van der Waals surface area contributed by atoms with Gasteiger partial charge in [0, 0.05) is 6.04 Å². The lowest BCUT2D eigenvalue weighted by Crippen LogP contribution is -2.43. The van der Waals surface area contributed by atoms with Crippen LogP contribution >= 0.6 is 0 Å². The summed E-state index contributed by atoms with van der Waals surface area (Å²) in [7, 11) is 0. The average Bonchev–Trinajstić information content (AvgIpc) is 2.28. The summed E-state index contributed by atoms with van der Waals surface area (Å²) in [5.41, 5.74) is -0.574. The van der Waals surface area contributed by atoms with Crippen LogP contribution in [0.15, 0.2) is 18.2 Å². The van der Waals surface area contributed by atoms with Crippen molar-refractivity contribution in [1.29, 1.82) is 0 Å². The van der Waals surface area contributed by atoms with Gasteiger partial charge in [-0.25, -0.2) is 14.0 Å². The van der Waals surface area contributed by atoms with Gasteiger partial charge in [-0.15, -0.1) is 0 Å². The smallest absolute Gasteiger partial charge is 0.337 e. The van der Waals surface area contributed by atoms with Gasteiger partial charge in [-0.05, 0) is 37.8 Å². The Balaban J connectivity index is 2.05. The van der Waals surface area contributed by atoms with Crippen LogP contribution in [0, 0.1) is 11.7 Å². The summed E-state index contributed by atoms with van der Waals surface area (Å²) in [6, 6.07) is 3.05. The van der Waals surface area contributed by atoms with E-state index in [-0.39, 0.29) is 17.3 Å². The minimum Gasteiger partial charge on any atom is -0.478 e. The van der Waals surface area contributed by atoms with E-state index < -0.39 is 17.8 Å².